The zero-order valence-electron chi connectivity index (χ0n) is 9.54. The molecule has 0 saturated heterocycles. The Morgan fingerprint density at radius 3 is 2.61 bits per heavy atom. The molecular formula is C12H11F3O3. The number of rotatable bonds is 3. The molecule has 0 radical (unpaired) electrons. The molecule has 98 valence electrons. The van der Waals surface area contributed by atoms with Gasteiger partial charge in [0.05, 0.1) is 12.7 Å². The van der Waals surface area contributed by atoms with Crippen molar-refractivity contribution in [3.63, 3.8) is 0 Å². The van der Waals surface area contributed by atoms with E-state index in [0.29, 0.717) is 5.75 Å². The molecule has 0 aliphatic carbocycles. The summed E-state index contributed by atoms with van der Waals surface area (Å²) in [5.74, 6) is 5.28. The van der Waals surface area contributed by atoms with Crippen LogP contribution >= 0.6 is 0 Å². The largest absolute Gasteiger partial charge is 0.497 e. The summed E-state index contributed by atoms with van der Waals surface area (Å²) in [5.41, 5.74) is 0.229. The average Bonchev–Trinajstić information content (AvgIpc) is 2.33. The van der Waals surface area contributed by atoms with Gasteiger partial charge < -0.3 is 14.6 Å². The van der Waals surface area contributed by atoms with E-state index in [-0.39, 0.29) is 11.3 Å². The van der Waals surface area contributed by atoms with Crippen LogP contribution in [0.5, 0.6) is 11.5 Å². The highest BCUT2D eigenvalue weighted by Crippen LogP contribution is 2.25. The molecule has 1 aromatic rings. The molecule has 1 N–H and O–H groups in total. The normalized spacial score (nSPS) is 10.5. The minimum Gasteiger partial charge on any atom is -0.497 e. The molecule has 0 aromatic heterocycles. The van der Waals surface area contributed by atoms with Crippen LogP contribution in [0.4, 0.5) is 13.2 Å². The maximum atomic E-state index is 12.0. The van der Waals surface area contributed by atoms with Gasteiger partial charge in [-0.3, -0.25) is 0 Å². The molecule has 0 fully saturated rings. The molecular weight excluding hydrogens is 249 g/mol. The van der Waals surface area contributed by atoms with Gasteiger partial charge in [-0.15, -0.1) is 0 Å². The number of benzene rings is 1. The fourth-order valence-electron chi connectivity index (χ4n) is 1.15. The molecule has 0 atom stereocenters. The Bertz CT molecular complexity index is 458. The summed E-state index contributed by atoms with van der Waals surface area (Å²) in [6, 6.07) is 4.25. The highest BCUT2D eigenvalue weighted by atomic mass is 19.4. The van der Waals surface area contributed by atoms with Gasteiger partial charge in [-0.25, -0.2) is 0 Å². The van der Waals surface area contributed by atoms with Crippen molar-refractivity contribution in [2.24, 2.45) is 0 Å². The molecule has 0 amide bonds. The standard InChI is InChI=1S/C12H11F3O3/c1-17-10-4-5-11(18-8-12(13,14)15)9(7-10)3-2-6-16/h4-5,7,16H,6,8H2,1H3. The minimum absolute atomic E-state index is 0.00549. The number of aliphatic hydroxyl groups is 1. The van der Waals surface area contributed by atoms with Crippen molar-refractivity contribution < 1.29 is 27.8 Å². The highest BCUT2D eigenvalue weighted by molar-refractivity contribution is 5.50. The summed E-state index contributed by atoms with van der Waals surface area (Å²) in [7, 11) is 1.43. The van der Waals surface area contributed by atoms with Crippen molar-refractivity contribution in [2.75, 3.05) is 20.3 Å². The SMILES string of the molecule is COc1ccc(OCC(F)(F)F)c(C#CCO)c1. The predicted molar refractivity (Wildman–Crippen MR) is 58.5 cm³/mol. The van der Waals surface area contributed by atoms with Gasteiger partial charge in [-0.05, 0) is 18.2 Å². The van der Waals surface area contributed by atoms with E-state index in [0.717, 1.165) is 0 Å². The van der Waals surface area contributed by atoms with E-state index in [1.807, 2.05) is 0 Å². The number of methoxy groups -OCH3 is 1. The lowest BCUT2D eigenvalue weighted by atomic mass is 10.2. The van der Waals surface area contributed by atoms with Crippen LogP contribution in [-0.4, -0.2) is 31.6 Å². The van der Waals surface area contributed by atoms with E-state index in [1.165, 1.54) is 25.3 Å². The molecule has 1 rings (SSSR count). The number of halogens is 3. The lowest BCUT2D eigenvalue weighted by molar-refractivity contribution is -0.153. The molecule has 6 heteroatoms. The van der Waals surface area contributed by atoms with E-state index < -0.39 is 19.4 Å². The summed E-state index contributed by atoms with van der Waals surface area (Å²) in [5, 5.41) is 8.58. The zero-order valence-corrected chi connectivity index (χ0v) is 9.54. The second kappa shape index (κ2) is 6.17. The van der Waals surface area contributed by atoms with Crippen LogP contribution in [0.1, 0.15) is 5.56 Å². The molecule has 0 bridgehead atoms. The molecule has 0 spiro atoms. The van der Waals surface area contributed by atoms with Crippen molar-refractivity contribution >= 4 is 0 Å². The topological polar surface area (TPSA) is 38.7 Å². The van der Waals surface area contributed by atoms with E-state index in [4.69, 9.17) is 9.84 Å². The number of aliphatic hydroxyl groups excluding tert-OH is 1. The fourth-order valence-corrected chi connectivity index (χ4v) is 1.15. The lowest BCUT2D eigenvalue weighted by Crippen LogP contribution is -2.19. The monoisotopic (exact) mass is 260 g/mol. The van der Waals surface area contributed by atoms with Gasteiger partial charge >= 0.3 is 6.18 Å². The predicted octanol–water partition coefficient (Wildman–Crippen LogP) is 1.98. The quantitative estimate of drug-likeness (QED) is 0.844. The zero-order chi connectivity index (χ0) is 13.6. The Labute approximate surface area is 102 Å². The summed E-state index contributed by atoms with van der Waals surface area (Å²) in [6.45, 7) is -1.79. The molecule has 0 unspecified atom stereocenters. The molecule has 3 nitrogen and oxygen atoms in total. The second-order valence-electron chi connectivity index (χ2n) is 3.23. The van der Waals surface area contributed by atoms with Crippen LogP contribution in [-0.2, 0) is 0 Å². The number of ether oxygens (including phenoxy) is 2. The van der Waals surface area contributed by atoms with Gasteiger partial charge in [0.1, 0.15) is 18.1 Å². The minimum atomic E-state index is -4.42. The first-order valence-electron chi connectivity index (χ1n) is 4.93. The van der Waals surface area contributed by atoms with Crippen LogP contribution in [0.2, 0.25) is 0 Å². The van der Waals surface area contributed by atoms with E-state index >= 15 is 0 Å². The molecule has 1 aromatic carbocycles. The van der Waals surface area contributed by atoms with Gasteiger partial charge in [0.2, 0.25) is 0 Å². The average molecular weight is 260 g/mol. The summed E-state index contributed by atoms with van der Waals surface area (Å²) >= 11 is 0. The molecule has 0 aliphatic heterocycles. The van der Waals surface area contributed by atoms with Crippen LogP contribution in [0.3, 0.4) is 0 Å². The Morgan fingerprint density at radius 2 is 2.06 bits per heavy atom. The van der Waals surface area contributed by atoms with Crippen LogP contribution in [0, 0.1) is 11.8 Å². The third-order valence-corrected chi connectivity index (χ3v) is 1.88. The molecule has 0 aliphatic rings. The Balaban J connectivity index is 2.95. The summed E-state index contributed by atoms with van der Waals surface area (Å²) in [4.78, 5) is 0. The van der Waals surface area contributed by atoms with Crippen LogP contribution in [0.25, 0.3) is 0 Å². The fraction of sp³-hybridized carbons (Fsp3) is 0.333. The van der Waals surface area contributed by atoms with Gasteiger partial charge in [-0.1, -0.05) is 11.8 Å². The lowest BCUT2D eigenvalue weighted by Gasteiger charge is -2.11. The first-order valence-corrected chi connectivity index (χ1v) is 4.93. The van der Waals surface area contributed by atoms with Gasteiger partial charge in [0.25, 0.3) is 0 Å². The van der Waals surface area contributed by atoms with E-state index in [9.17, 15) is 13.2 Å². The Morgan fingerprint density at radius 1 is 1.33 bits per heavy atom. The third kappa shape index (κ3) is 4.55. The molecule has 0 heterocycles. The van der Waals surface area contributed by atoms with Gasteiger partial charge in [-0.2, -0.15) is 13.2 Å². The van der Waals surface area contributed by atoms with Gasteiger partial charge in [0.15, 0.2) is 6.61 Å². The maximum Gasteiger partial charge on any atom is 0.422 e. The number of hydrogen-bond acceptors (Lipinski definition) is 3. The Hall–Kier alpha value is -1.87. The van der Waals surface area contributed by atoms with E-state index in [1.54, 1.807) is 0 Å². The van der Waals surface area contributed by atoms with E-state index in [2.05, 4.69) is 16.6 Å². The molecule has 18 heavy (non-hydrogen) atoms. The smallest absolute Gasteiger partial charge is 0.422 e. The molecule has 0 saturated carbocycles. The van der Waals surface area contributed by atoms with Crippen molar-refractivity contribution in [1.82, 2.24) is 0 Å². The summed E-state index contributed by atoms with van der Waals surface area (Å²) in [6.07, 6.45) is -4.42. The van der Waals surface area contributed by atoms with Crippen LogP contribution in [0.15, 0.2) is 18.2 Å². The van der Waals surface area contributed by atoms with Crippen molar-refractivity contribution in [3.05, 3.63) is 23.8 Å². The second-order valence-corrected chi connectivity index (χ2v) is 3.23. The first kappa shape index (κ1) is 14.2. The summed E-state index contributed by atoms with van der Waals surface area (Å²) < 4.78 is 45.7. The van der Waals surface area contributed by atoms with Crippen molar-refractivity contribution in [3.8, 4) is 23.3 Å². The third-order valence-electron chi connectivity index (χ3n) is 1.88. The number of alkyl halides is 3. The Kier molecular flexibility index (Phi) is 4.86. The highest BCUT2D eigenvalue weighted by Gasteiger charge is 2.28. The number of hydrogen-bond donors (Lipinski definition) is 1. The van der Waals surface area contributed by atoms with Gasteiger partial charge in [0, 0.05) is 0 Å². The maximum absolute atomic E-state index is 12.0. The first-order chi connectivity index (χ1) is 8.46. The van der Waals surface area contributed by atoms with Crippen molar-refractivity contribution in [2.45, 2.75) is 6.18 Å². The van der Waals surface area contributed by atoms with Crippen LogP contribution < -0.4 is 9.47 Å². The van der Waals surface area contributed by atoms with Crippen molar-refractivity contribution in [1.29, 1.82) is 0 Å².